The standard InChI is InChI=1S/C21H18ClNO4S/c1-23(2)28(25,26)17-7-5-6-15(14-17)20(24)12-10-16-11-13-21(27-16)18-8-3-4-9-19(18)22/h3-14H,1-2H3/b12-10+. The van der Waals surface area contributed by atoms with Crippen LogP contribution in [0.25, 0.3) is 17.4 Å². The summed E-state index contributed by atoms with van der Waals surface area (Å²) in [5, 5.41) is 0.572. The van der Waals surface area contributed by atoms with Crippen LogP contribution in [0.1, 0.15) is 16.1 Å². The lowest BCUT2D eigenvalue weighted by molar-refractivity contribution is 0.104. The van der Waals surface area contributed by atoms with Gasteiger partial charge >= 0.3 is 0 Å². The largest absolute Gasteiger partial charge is 0.457 e. The van der Waals surface area contributed by atoms with Gasteiger partial charge in [0.25, 0.3) is 0 Å². The molecular formula is C21H18ClNO4S. The van der Waals surface area contributed by atoms with E-state index >= 15 is 0 Å². The summed E-state index contributed by atoms with van der Waals surface area (Å²) in [4.78, 5) is 12.5. The molecule has 1 aromatic heterocycles. The van der Waals surface area contributed by atoms with E-state index in [-0.39, 0.29) is 16.2 Å². The fourth-order valence-corrected chi connectivity index (χ4v) is 3.70. The average Bonchev–Trinajstić information content (AvgIpc) is 3.15. The SMILES string of the molecule is CN(C)S(=O)(=O)c1cccc(C(=O)/C=C/c2ccc(-c3ccccc3Cl)o2)c1. The Morgan fingerprint density at radius 2 is 1.79 bits per heavy atom. The van der Waals surface area contributed by atoms with Crippen molar-refractivity contribution in [1.29, 1.82) is 0 Å². The number of ketones is 1. The summed E-state index contributed by atoms with van der Waals surface area (Å²) in [6.07, 6.45) is 2.88. The number of benzene rings is 2. The molecule has 28 heavy (non-hydrogen) atoms. The lowest BCUT2D eigenvalue weighted by Gasteiger charge is -2.11. The Kier molecular flexibility index (Phi) is 5.84. The fraction of sp³-hybridized carbons (Fsp3) is 0.0952. The zero-order chi connectivity index (χ0) is 20.3. The monoisotopic (exact) mass is 415 g/mol. The van der Waals surface area contributed by atoms with Crippen LogP contribution >= 0.6 is 11.6 Å². The third kappa shape index (κ3) is 4.25. The molecule has 0 bridgehead atoms. The molecule has 0 fully saturated rings. The molecule has 5 nitrogen and oxygen atoms in total. The summed E-state index contributed by atoms with van der Waals surface area (Å²) in [5.41, 5.74) is 1.04. The van der Waals surface area contributed by atoms with Crippen LogP contribution in [-0.2, 0) is 10.0 Å². The topological polar surface area (TPSA) is 67.6 Å². The molecule has 3 rings (SSSR count). The minimum atomic E-state index is -3.61. The van der Waals surface area contributed by atoms with E-state index in [1.54, 1.807) is 30.3 Å². The van der Waals surface area contributed by atoms with Gasteiger partial charge in [-0.05, 0) is 48.6 Å². The second-order valence-electron chi connectivity index (χ2n) is 6.19. The first kappa shape index (κ1) is 20.1. The summed E-state index contributed by atoms with van der Waals surface area (Å²) in [5.74, 6) is 0.753. The molecule has 0 spiro atoms. The van der Waals surface area contributed by atoms with Crippen molar-refractivity contribution in [3.05, 3.63) is 83.1 Å². The van der Waals surface area contributed by atoms with E-state index in [1.165, 1.54) is 38.4 Å². The number of halogens is 1. The molecule has 0 radical (unpaired) electrons. The highest BCUT2D eigenvalue weighted by Crippen LogP contribution is 2.29. The Labute approximate surface area is 168 Å². The fourth-order valence-electron chi connectivity index (χ4n) is 2.52. The van der Waals surface area contributed by atoms with Crippen LogP contribution in [0.4, 0.5) is 0 Å². The van der Waals surface area contributed by atoms with Gasteiger partial charge in [0.2, 0.25) is 10.0 Å². The van der Waals surface area contributed by atoms with Gasteiger partial charge in [0.15, 0.2) is 5.78 Å². The molecule has 0 saturated heterocycles. The van der Waals surface area contributed by atoms with Crippen molar-refractivity contribution in [3.8, 4) is 11.3 Å². The first-order valence-corrected chi connectivity index (χ1v) is 10.2. The van der Waals surface area contributed by atoms with Gasteiger partial charge in [-0.3, -0.25) is 4.79 Å². The minimum Gasteiger partial charge on any atom is -0.457 e. The van der Waals surface area contributed by atoms with Crippen molar-refractivity contribution in [2.75, 3.05) is 14.1 Å². The number of allylic oxidation sites excluding steroid dienone is 1. The second kappa shape index (κ2) is 8.14. The van der Waals surface area contributed by atoms with Gasteiger partial charge in [0, 0.05) is 25.2 Å². The molecule has 0 aliphatic carbocycles. The van der Waals surface area contributed by atoms with Crippen molar-refractivity contribution >= 4 is 33.5 Å². The van der Waals surface area contributed by atoms with Crippen molar-refractivity contribution in [1.82, 2.24) is 4.31 Å². The number of carbonyl (C=O) groups is 1. The first-order chi connectivity index (χ1) is 13.3. The van der Waals surface area contributed by atoms with E-state index in [4.69, 9.17) is 16.0 Å². The molecule has 0 aliphatic heterocycles. The Morgan fingerprint density at radius 1 is 1.04 bits per heavy atom. The van der Waals surface area contributed by atoms with E-state index in [0.29, 0.717) is 16.5 Å². The van der Waals surface area contributed by atoms with Gasteiger partial charge in [0.1, 0.15) is 11.5 Å². The highest BCUT2D eigenvalue weighted by Gasteiger charge is 2.18. The summed E-state index contributed by atoms with van der Waals surface area (Å²) < 4.78 is 31.3. The van der Waals surface area contributed by atoms with Gasteiger partial charge in [-0.2, -0.15) is 0 Å². The van der Waals surface area contributed by atoms with E-state index in [9.17, 15) is 13.2 Å². The molecule has 0 atom stereocenters. The first-order valence-electron chi connectivity index (χ1n) is 8.39. The van der Waals surface area contributed by atoms with Crippen LogP contribution in [0.3, 0.4) is 0 Å². The van der Waals surface area contributed by atoms with Crippen molar-refractivity contribution < 1.29 is 17.6 Å². The molecule has 0 amide bonds. The van der Waals surface area contributed by atoms with Crippen molar-refractivity contribution in [2.24, 2.45) is 0 Å². The summed E-state index contributed by atoms with van der Waals surface area (Å²) in [7, 11) is -0.722. The number of hydrogen-bond donors (Lipinski definition) is 0. The van der Waals surface area contributed by atoms with Gasteiger partial charge in [-0.1, -0.05) is 35.9 Å². The van der Waals surface area contributed by atoms with Crippen LogP contribution in [0.15, 0.2) is 76.1 Å². The lowest BCUT2D eigenvalue weighted by atomic mass is 10.1. The van der Waals surface area contributed by atoms with Crippen LogP contribution < -0.4 is 0 Å². The molecule has 0 aliphatic rings. The summed E-state index contributed by atoms with van der Waals surface area (Å²) in [6.45, 7) is 0. The maximum atomic E-state index is 12.4. The molecule has 0 saturated carbocycles. The third-order valence-electron chi connectivity index (χ3n) is 4.06. The molecule has 0 N–H and O–H groups in total. The predicted octanol–water partition coefficient (Wildman–Crippen LogP) is 4.75. The van der Waals surface area contributed by atoms with E-state index in [1.807, 2.05) is 18.2 Å². The minimum absolute atomic E-state index is 0.0655. The van der Waals surface area contributed by atoms with Crippen LogP contribution in [0, 0.1) is 0 Å². The highest BCUT2D eigenvalue weighted by atomic mass is 35.5. The number of nitrogens with zero attached hydrogens (tertiary/aromatic N) is 1. The maximum Gasteiger partial charge on any atom is 0.242 e. The van der Waals surface area contributed by atoms with Gasteiger partial charge in [-0.15, -0.1) is 0 Å². The van der Waals surface area contributed by atoms with E-state index < -0.39 is 10.0 Å². The lowest BCUT2D eigenvalue weighted by Crippen LogP contribution is -2.22. The maximum absolute atomic E-state index is 12.4. The van der Waals surface area contributed by atoms with E-state index in [0.717, 1.165) is 9.87 Å². The van der Waals surface area contributed by atoms with Crippen LogP contribution in [0.2, 0.25) is 5.02 Å². The van der Waals surface area contributed by atoms with Gasteiger partial charge in [-0.25, -0.2) is 12.7 Å². The molecular weight excluding hydrogens is 398 g/mol. The number of furan rings is 1. The van der Waals surface area contributed by atoms with Crippen LogP contribution in [0.5, 0.6) is 0 Å². The normalized spacial score (nSPS) is 12.0. The summed E-state index contributed by atoms with van der Waals surface area (Å²) >= 11 is 6.16. The predicted molar refractivity (Wildman–Crippen MR) is 110 cm³/mol. The van der Waals surface area contributed by atoms with Crippen molar-refractivity contribution in [2.45, 2.75) is 4.90 Å². The Morgan fingerprint density at radius 3 is 2.50 bits per heavy atom. The Balaban J connectivity index is 1.81. The molecule has 0 unspecified atom stereocenters. The zero-order valence-electron chi connectivity index (χ0n) is 15.3. The van der Waals surface area contributed by atoms with E-state index in [2.05, 4.69) is 0 Å². The second-order valence-corrected chi connectivity index (χ2v) is 8.75. The quantitative estimate of drug-likeness (QED) is 0.430. The third-order valence-corrected chi connectivity index (χ3v) is 6.20. The number of sulfonamides is 1. The number of rotatable bonds is 6. The number of hydrogen-bond acceptors (Lipinski definition) is 4. The highest BCUT2D eigenvalue weighted by molar-refractivity contribution is 7.89. The van der Waals surface area contributed by atoms with Gasteiger partial charge in [0.05, 0.1) is 9.92 Å². The Bertz CT molecular complexity index is 1150. The Hall–Kier alpha value is -2.67. The molecule has 7 heteroatoms. The average molecular weight is 416 g/mol. The molecule has 144 valence electrons. The zero-order valence-corrected chi connectivity index (χ0v) is 16.9. The molecule has 3 aromatic rings. The van der Waals surface area contributed by atoms with Gasteiger partial charge < -0.3 is 4.42 Å². The smallest absolute Gasteiger partial charge is 0.242 e. The number of carbonyl (C=O) groups excluding carboxylic acids is 1. The molecule has 1 heterocycles. The molecule has 2 aromatic carbocycles. The van der Waals surface area contributed by atoms with Crippen molar-refractivity contribution in [3.63, 3.8) is 0 Å². The summed E-state index contributed by atoms with van der Waals surface area (Å²) in [6, 6.07) is 16.7. The van der Waals surface area contributed by atoms with Crippen LogP contribution in [-0.4, -0.2) is 32.6 Å².